The second kappa shape index (κ2) is 12.0. The van der Waals surface area contributed by atoms with E-state index in [9.17, 15) is 0 Å². The molecule has 0 bridgehead atoms. The number of aliphatic imine (C=N–C) groups is 1. The van der Waals surface area contributed by atoms with Crippen LogP contribution >= 0.6 is 0 Å². The van der Waals surface area contributed by atoms with E-state index in [1.54, 1.807) is 21.3 Å². The summed E-state index contributed by atoms with van der Waals surface area (Å²) in [5, 5.41) is 6.80. The van der Waals surface area contributed by atoms with Crippen molar-refractivity contribution in [3.63, 3.8) is 0 Å². The summed E-state index contributed by atoms with van der Waals surface area (Å²) < 4.78 is 22.6. The van der Waals surface area contributed by atoms with E-state index in [0.29, 0.717) is 18.2 Å². The third-order valence-electron chi connectivity index (χ3n) is 5.61. The van der Waals surface area contributed by atoms with Crippen molar-refractivity contribution in [1.29, 1.82) is 0 Å². The highest BCUT2D eigenvalue weighted by Gasteiger charge is 2.35. The zero-order valence-corrected chi connectivity index (χ0v) is 20.3. The number of methoxy groups -OCH3 is 3. The Bertz CT molecular complexity index is 690. The quantitative estimate of drug-likeness (QED) is 0.456. The van der Waals surface area contributed by atoms with Gasteiger partial charge in [-0.05, 0) is 31.6 Å². The molecular formula is C24H41N3O4. The third kappa shape index (κ3) is 7.20. The molecule has 1 aromatic rings. The van der Waals surface area contributed by atoms with E-state index < -0.39 is 0 Å². The van der Waals surface area contributed by atoms with Crippen LogP contribution in [-0.4, -0.2) is 59.6 Å². The minimum absolute atomic E-state index is 0.119. The highest BCUT2D eigenvalue weighted by atomic mass is 16.5. The molecule has 1 fully saturated rings. The maximum absolute atomic E-state index is 6.11. The van der Waals surface area contributed by atoms with Gasteiger partial charge in [0.25, 0.3) is 0 Å². The SMILES string of the molecule is CCNC(=NCC1CCCOC1C(C)(C)C)NCCc1c(OC)cc(OC)cc1OC. The van der Waals surface area contributed by atoms with Crippen LogP contribution in [0.5, 0.6) is 17.2 Å². The topological polar surface area (TPSA) is 73.3 Å². The molecule has 7 nitrogen and oxygen atoms in total. The van der Waals surface area contributed by atoms with Crippen molar-refractivity contribution in [2.24, 2.45) is 16.3 Å². The van der Waals surface area contributed by atoms with Gasteiger partial charge in [0.1, 0.15) is 17.2 Å². The predicted octanol–water partition coefficient (Wildman–Crippen LogP) is 3.65. The molecule has 31 heavy (non-hydrogen) atoms. The summed E-state index contributed by atoms with van der Waals surface area (Å²) >= 11 is 0. The second-order valence-corrected chi connectivity index (χ2v) is 8.97. The molecule has 2 N–H and O–H groups in total. The van der Waals surface area contributed by atoms with Gasteiger partial charge in [0, 0.05) is 49.9 Å². The van der Waals surface area contributed by atoms with E-state index in [1.807, 2.05) is 12.1 Å². The van der Waals surface area contributed by atoms with E-state index in [1.165, 1.54) is 0 Å². The van der Waals surface area contributed by atoms with Crippen LogP contribution in [0.3, 0.4) is 0 Å². The standard InChI is InChI=1S/C24H41N3O4/c1-8-25-23(27-16-17-10-9-13-31-22(17)24(2,3)4)26-12-11-19-20(29-6)14-18(28-5)15-21(19)30-7/h14-15,17,22H,8-13,16H2,1-7H3,(H2,25,26,27). The van der Waals surface area contributed by atoms with Crippen LogP contribution in [0.4, 0.5) is 0 Å². The monoisotopic (exact) mass is 435 g/mol. The zero-order chi connectivity index (χ0) is 22.9. The van der Waals surface area contributed by atoms with E-state index in [4.69, 9.17) is 23.9 Å². The summed E-state index contributed by atoms with van der Waals surface area (Å²) in [6.45, 7) is 11.9. The van der Waals surface area contributed by atoms with Gasteiger partial charge < -0.3 is 29.6 Å². The van der Waals surface area contributed by atoms with Crippen LogP contribution in [0, 0.1) is 11.3 Å². The Labute approximate surface area is 187 Å². The molecule has 176 valence electrons. The number of ether oxygens (including phenoxy) is 4. The number of hydrogen-bond donors (Lipinski definition) is 2. The van der Waals surface area contributed by atoms with Gasteiger partial charge in [-0.2, -0.15) is 0 Å². The number of guanidine groups is 1. The van der Waals surface area contributed by atoms with Gasteiger partial charge in [-0.15, -0.1) is 0 Å². The van der Waals surface area contributed by atoms with E-state index in [-0.39, 0.29) is 11.5 Å². The highest BCUT2D eigenvalue weighted by molar-refractivity contribution is 5.79. The van der Waals surface area contributed by atoms with Crippen molar-refractivity contribution in [2.45, 2.75) is 53.1 Å². The summed E-state index contributed by atoms with van der Waals surface area (Å²) in [5.74, 6) is 3.49. The number of rotatable bonds is 9. The molecule has 1 heterocycles. The van der Waals surface area contributed by atoms with E-state index in [2.05, 4.69) is 38.3 Å². The molecule has 0 spiro atoms. The number of benzene rings is 1. The lowest BCUT2D eigenvalue weighted by molar-refractivity contribution is -0.0823. The average molecular weight is 436 g/mol. The summed E-state index contributed by atoms with van der Waals surface area (Å²) in [6, 6.07) is 3.76. The number of nitrogens with zero attached hydrogens (tertiary/aromatic N) is 1. The summed E-state index contributed by atoms with van der Waals surface area (Å²) in [5.41, 5.74) is 1.12. The minimum atomic E-state index is 0.119. The summed E-state index contributed by atoms with van der Waals surface area (Å²) in [7, 11) is 4.96. The second-order valence-electron chi connectivity index (χ2n) is 8.97. The Morgan fingerprint density at radius 3 is 2.32 bits per heavy atom. The van der Waals surface area contributed by atoms with Gasteiger partial charge in [0.2, 0.25) is 0 Å². The molecule has 1 aliphatic rings. The smallest absolute Gasteiger partial charge is 0.191 e. The van der Waals surface area contributed by atoms with Crippen molar-refractivity contribution >= 4 is 5.96 Å². The van der Waals surface area contributed by atoms with Gasteiger partial charge >= 0.3 is 0 Å². The first-order chi connectivity index (χ1) is 14.8. The maximum Gasteiger partial charge on any atom is 0.191 e. The van der Waals surface area contributed by atoms with Crippen LogP contribution in [0.15, 0.2) is 17.1 Å². The summed E-state index contributed by atoms with van der Waals surface area (Å²) in [4.78, 5) is 4.88. The normalized spacial score (nSPS) is 19.6. The molecule has 0 radical (unpaired) electrons. The van der Waals surface area contributed by atoms with Crippen molar-refractivity contribution in [1.82, 2.24) is 10.6 Å². The minimum Gasteiger partial charge on any atom is -0.496 e. The fraction of sp³-hybridized carbons (Fsp3) is 0.708. The molecule has 2 rings (SSSR count). The van der Waals surface area contributed by atoms with Crippen molar-refractivity contribution < 1.29 is 18.9 Å². The van der Waals surface area contributed by atoms with Gasteiger partial charge in [-0.25, -0.2) is 0 Å². The van der Waals surface area contributed by atoms with Crippen LogP contribution in [0.1, 0.15) is 46.1 Å². The van der Waals surface area contributed by atoms with Gasteiger partial charge in [-0.3, -0.25) is 4.99 Å². The van der Waals surface area contributed by atoms with Crippen molar-refractivity contribution in [3.8, 4) is 17.2 Å². The first-order valence-corrected chi connectivity index (χ1v) is 11.3. The molecule has 7 heteroatoms. The van der Waals surface area contributed by atoms with Crippen molar-refractivity contribution in [3.05, 3.63) is 17.7 Å². The Morgan fingerprint density at radius 1 is 1.10 bits per heavy atom. The Balaban J connectivity index is 2.04. The molecule has 0 amide bonds. The Kier molecular flexibility index (Phi) is 9.75. The lowest BCUT2D eigenvalue weighted by Crippen LogP contribution is -2.43. The Hall–Kier alpha value is -2.15. The fourth-order valence-corrected chi connectivity index (χ4v) is 4.17. The number of hydrogen-bond acceptors (Lipinski definition) is 5. The first kappa shape index (κ1) is 25.1. The Morgan fingerprint density at radius 2 is 1.77 bits per heavy atom. The maximum atomic E-state index is 6.11. The molecule has 0 aromatic heterocycles. The molecule has 1 aromatic carbocycles. The van der Waals surface area contributed by atoms with Gasteiger partial charge in [-0.1, -0.05) is 20.8 Å². The van der Waals surface area contributed by atoms with Crippen LogP contribution in [-0.2, 0) is 11.2 Å². The van der Waals surface area contributed by atoms with Gasteiger partial charge in [0.15, 0.2) is 5.96 Å². The summed E-state index contributed by atoms with van der Waals surface area (Å²) in [6.07, 6.45) is 3.23. The van der Waals surface area contributed by atoms with Crippen molar-refractivity contribution in [2.75, 3.05) is 47.6 Å². The van der Waals surface area contributed by atoms with Crippen LogP contribution in [0.25, 0.3) is 0 Å². The van der Waals surface area contributed by atoms with E-state index in [0.717, 1.165) is 62.0 Å². The molecule has 1 saturated heterocycles. The van der Waals surface area contributed by atoms with Gasteiger partial charge in [0.05, 0.1) is 27.4 Å². The number of nitrogens with one attached hydrogen (secondary N) is 2. The molecule has 0 saturated carbocycles. The van der Waals surface area contributed by atoms with Crippen LogP contribution < -0.4 is 24.8 Å². The van der Waals surface area contributed by atoms with E-state index >= 15 is 0 Å². The fourth-order valence-electron chi connectivity index (χ4n) is 4.17. The first-order valence-electron chi connectivity index (χ1n) is 11.3. The van der Waals surface area contributed by atoms with Crippen LogP contribution in [0.2, 0.25) is 0 Å². The lowest BCUT2D eigenvalue weighted by Gasteiger charge is -2.39. The average Bonchev–Trinajstić information content (AvgIpc) is 2.76. The zero-order valence-electron chi connectivity index (χ0n) is 20.3. The third-order valence-corrected chi connectivity index (χ3v) is 5.61. The largest absolute Gasteiger partial charge is 0.496 e. The predicted molar refractivity (Wildman–Crippen MR) is 126 cm³/mol. The molecule has 0 aliphatic carbocycles. The highest BCUT2D eigenvalue weighted by Crippen LogP contribution is 2.35. The molecule has 2 atom stereocenters. The molecule has 1 aliphatic heterocycles. The molecule has 2 unspecified atom stereocenters. The molecular weight excluding hydrogens is 394 g/mol. The lowest BCUT2D eigenvalue weighted by atomic mass is 9.78.